The van der Waals surface area contributed by atoms with Crippen LogP contribution in [-0.4, -0.2) is 61.2 Å². The topological polar surface area (TPSA) is 97.0 Å². The minimum absolute atomic E-state index is 0.114. The van der Waals surface area contributed by atoms with E-state index in [1.807, 2.05) is 36.1 Å². The molecule has 1 aromatic carbocycles. The highest BCUT2D eigenvalue weighted by molar-refractivity contribution is 5.82. The van der Waals surface area contributed by atoms with Gasteiger partial charge in [-0.15, -0.1) is 0 Å². The third-order valence-corrected chi connectivity index (χ3v) is 5.23. The minimum Gasteiger partial charge on any atom is -0.493 e. The summed E-state index contributed by atoms with van der Waals surface area (Å²) in [4.78, 5) is 37.9. The zero-order valence-electron chi connectivity index (χ0n) is 19.7. The number of carbonyl (C=O) groups excluding carboxylic acids is 3. The molecule has 0 atom stereocenters. The number of ether oxygens (including phenoxy) is 2. The van der Waals surface area contributed by atoms with Crippen LogP contribution in [0.1, 0.15) is 52.0 Å². The molecule has 2 N–H and O–H groups in total. The molecule has 3 amide bonds. The van der Waals surface area contributed by atoms with Gasteiger partial charge in [-0.2, -0.15) is 0 Å². The van der Waals surface area contributed by atoms with Gasteiger partial charge in [-0.05, 0) is 64.5 Å². The van der Waals surface area contributed by atoms with E-state index in [1.54, 1.807) is 20.8 Å². The number of hydrogen-bond donors (Lipinski definition) is 2. The van der Waals surface area contributed by atoms with Gasteiger partial charge >= 0.3 is 6.09 Å². The van der Waals surface area contributed by atoms with Gasteiger partial charge in [0.05, 0.1) is 13.2 Å². The average Bonchev–Trinajstić information content (AvgIpc) is 2.74. The molecule has 0 radical (unpaired) electrons. The van der Waals surface area contributed by atoms with Gasteiger partial charge in [0.1, 0.15) is 11.4 Å². The van der Waals surface area contributed by atoms with Crippen LogP contribution in [0.5, 0.6) is 5.75 Å². The van der Waals surface area contributed by atoms with Gasteiger partial charge in [0, 0.05) is 26.1 Å². The Labute approximate surface area is 191 Å². The summed E-state index contributed by atoms with van der Waals surface area (Å²) < 4.78 is 10.9. The van der Waals surface area contributed by atoms with Gasteiger partial charge < -0.3 is 25.0 Å². The maximum atomic E-state index is 12.4. The zero-order valence-corrected chi connectivity index (χ0v) is 19.7. The normalized spacial score (nSPS) is 14.6. The molecule has 1 fully saturated rings. The summed E-state index contributed by atoms with van der Waals surface area (Å²) in [7, 11) is 0. The van der Waals surface area contributed by atoms with Crippen molar-refractivity contribution < 1.29 is 23.9 Å². The number of hydrogen-bond acceptors (Lipinski definition) is 5. The fourth-order valence-corrected chi connectivity index (χ4v) is 3.46. The number of alkyl carbamates (subject to hydrolysis) is 1. The van der Waals surface area contributed by atoms with Crippen molar-refractivity contribution in [3.8, 4) is 5.75 Å². The van der Waals surface area contributed by atoms with E-state index in [0.717, 1.165) is 24.2 Å². The van der Waals surface area contributed by atoms with Crippen LogP contribution in [0.4, 0.5) is 4.79 Å². The lowest BCUT2D eigenvalue weighted by Gasteiger charge is -2.32. The van der Waals surface area contributed by atoms with Crippen molar-refractivity contribution >= 4 is 17.9 Å². The Morgan fingerprint density at radius 3 is 2.44 bits per heavy atom. The lowest BCUT2D eigenvalue weighted by molar-refractivity contribution is -0.133. The highest BCUT2D eigenvalue weighted by Crippen LogP contribution is 2.19. The Morgan fingerprint density at radius 1 is 1.09 bits per heavy atom. The largest absolute Gasteiger partial charge is 0.493 e. The average molecular weight is 448 g/mol. The van der Waals surface area contributed by atoms with Crippen molar-refractivity contribution in [3.05, 3.63) is 29.8 Å². The lowest BCUT2D eigenvalue weighted by Crippen LogP contribution is -2.44. The van der Waals surface area contributed by atoms with Crippen LogP contribution < -0.4 is 15.4 Å². The van der Waals surface area contributed by atoms with E-state index in [-0.39, 0.29) is 18.4 Å². The second kappa shape index (κ2) is 12.3. The molecule has 0 aromatic heterocycles. The number of nitrogens with zero attached hydrogens (tertiary/aromatic N) is 1. The van der Waals surface area contributed by atoms with Crippen LogP contribution in [-0.2, 0) is 14.3 Å². The van der Waals surface area contributed by atoms with E-state index in [0.29, 0.717) is 45.0 Å². The maximum Gasteiger partial charge on any atom is 0.408 e. The second-order valence-electron chi connectivity index (χ2n) is 9.20. The van der Waals surface area contributed by atoms with Crippen LogP contribution in [0.2, 0.25) is 0 Å². The minimum atomic E-state index is -0.608. The number of benzene rings is 1. The maximum absolute atomic E-state index is 12.4. The first-order valence-electron chi connectivity index (χ1n) is 11.3. The van der Waals surface area contributed by atoms with Crippen LogP contribution >= 0.6 is 0 Å². The summed E-state index contributed by atoms with van der Waals surface area (Å²) >= 11 is 0. The van der Waals surface area contributed by atoms with E-state index >= 15 is 0 Å². The van der Waals surface area contributed by atoms with Crippen molar-refractivity contribution in [1.82, 2.24) is 15.5 Å². The van der Waals surface area contributed by atoms with Gasteiger partial charge in [-0.3, -0.25) is 9.59 Å². The fraction of sp³-hybridized carbons (Fsp3) is 0.625. The zero-order chi connectivity index (χ0) is 23.6. The molecule has 32 heavy (non-hydrogen) atoms. The molecular weight excluding hydrogens is 410 g/mol. The van der Waals surface area contributed by atoms with Crippen LogP contribution in [0.15, 0.2) is 24.3 Å². The SMILES string of the molecule is Cc1ccccc1OCCCC(=O)N1CCC(CNC(=O)CNC(=O)OC(C)(C)C)CC1. The smallest absolute Gasteiger partial charge is 0.408 e. The Balaban J connectivity index is 1.56. The molecule has 8 nitrogen and oxygen atoms in total. The molecule has 178 valence electrons. The van der Waals surface area contributed by atoms with E-state index in [9.17, 15) is 14.4 Å². The molecular formula is C24H37N3O5. The van der Waals surface area contributed by atoms with Gasteiger partial charge in [-0.25, -0.2) is 4.79 Å². The number of amides is 3. The molecule has 0 unspecified atom stereocenters. The van der Waals surface area contributed by atoms with E-state index in [1.165, 1.54) is 0 Å². The monoisotopic (exact) mass is 447 g/mol. The van der Waals surface area contributed by atoms with Gasteiger partial charge in [0.15, 0.2) is 0 Å². The highest BCUT2D eigenvalue weighted by atomic mass is 16.6. The van der Waals surface area contributed by atoms with Crippen molar-refractivity contribution in [1.29, 1.82) is 0 Å². The van der Waals surface area contributed by atoms with Crippen molar-refractivity contribution in [2.45, 2.75) is 59.0 Å². The number of para-hydroxylation sites is 1. The summed E-state index contributed by atoms with van der Waals surface area (Å²) in [5.41, 5.74) is 0.494. The first-order valence-corrected chi connectivity index (χ1v) is 11.3. The highest BCUT2D eigenvalue weighted by Gasteiger charge is 2.23. The number of piperidine rings is 1. The third kappa shape index (κ3) is 9.58. The van der Waals surface area contributed by atoms with Crippen molar-refractivity contribution in [2.75, 3.05) is 32.8 Å². The standard InChI is InChI=1S/C24H37N3O5/c1-18-8-5-6-9-20(18)31-15-7-10-22(29)27-13-11-19(12-14-27)16-25-21(28)17-26-23(30)32-24(2,3)4/h5-6,8-9,19H,7,10-17H2,1-4H3,(H,25,28)(H,26,30). The van der Waals surface area contributed by atoms with Gasteiger partial charge in [0.2, 0.25) is 11.8 Å². The first kappa shape index (κ1) is 25.5. The number of nitrogens with one attached hydrogen (secondary N) is 2. The van der Waals surface area contributed by atoms with E-state index < -0.39 is 11.7 Å². The van der Waals surface area contributed by atoms with Gasteiger partial charge in [-0.1, -0.05) is 18.2 Å². The Kier molecular flexibility index (Phi) is 9.81. The van der Waals surface area contributed by atoms with Crippen molar-refractivity contribution in [3.63, 3.8) is 0 Å². The molecule has 0 bridgehead atoms. The number of likely N-dealkylation sites (tertiary alicyclic amines) is 1. The van der Waals surface area contributed by atoms with Crippen LogP contribution in [0.25, 0.3) is 0 Å². The van der Waals surface area contributed by atoms with Gasteiger partial charge in [0.25, 0.3) is 0 Å². The Morgan fingerprint density at radius 2 is 1.78 bits per heavy atom. The molecule has 1 saturated heterocycles. The molecule has 1 aliphatic rings. The number of aryl methyl sites for hydroxylation is 1. The third-order valence-electron chi connectivity index (χ3n) is 5.23. The molecule has 2 rings (SSSR count). The molecule has 1 aromatic rings. The molecule has 1 heterocycles. The second-order valence-corrected chi connectivity index (χ2v) is 9.20. The summed E-state index contributed by atoms with van der Waals surface area (Å²) in [6.45, 7) is 9.66. The molecule has 1 aliphatic heterocycles. The van der Waals surface area contributed by atoms with E-state index in [4.69, 9.17) is 9.47 Å². The summed E-state index contributed by atoms with van der Waals surface area (Å²) in [5.74, 6) is 1.10. The predicted octanol–water partition coefficient (Wildman–Crippen LogP) is 3.03. The van der Waals surface area contributed by atoms with E-state index in [2.05, 4.69) is 10.6 Å². The predicted molar refractivity (Wildman–Crippen MR) is 122 cm³/mol. The Hall–Kier alpha value is -2.77. The molecule has 0 spiro atoms. The Bertz CT molecular complexity index is 767. The van der Waals surface area contributed by atoms with Crippen molar-refractivity contribution in [2.24, 2.45) is 5.92 Å². The fourth-order valence-electron chi connectivity index (χ4n) is 3.46. The number of carbonyl (C=O) groups is 3. The van der Waals surface area contributed by atoms with Crippen LogP contribution in [0, 0.1) is 12.8 Å². The molecule has 0 aliphatic carbocycles. The molecule has 8 heteroatoms. The first-order chi connectivity index (χ1) is 15.1. The summed E-state index contributed by atoms with van der Waals surface area (Å²) in [5, 5.41) is 5.30. The molecule has 0 saturated carbocycles. The van der Waals surface area contributed by atoms with Crippen LogP contribution in [0.3, 0.4) is 0 Å². The quantitative estimate of drug-likeness (QED) is 0.567. The number of rotatable bonds is 9. The lowest BCUT2D eigenvalue weighted by atomic mass is 9.96. The summed E-state index contributed by atoms with van der Waals surface area (Å²) in [6.07, 6.45) is 2.26. The summed E-state index contributed by atoms with van der Waals surface area (Å²) in [6, 6.07) is 7.86.